The van der Waals surface area contributed by atoms with E-state index in [0.717, 1.165) is 22.3 Å². The number of hydrogen-bond donors (Lipinski definition) is 0. The highest BCUT2D eigenvalue weighted by atomic mass is 16.1. The Kier molecular flexibility index (Phi) is 7.90. The molecule has 0 aromatic heterocycles. The van der Waals surface area contributed by atoms with E-state index in [1.54, 1.807) is 60.7 Å². The van der Waals surface area contributed by atoms with E-state index < -0.39 is 0 Å². The molecule has 206 valence electrons. The Labute approximate surface area is 245 Å². The summed E-state index contributed by atoms with van der Waals surface area (Å²) in [7, 11) is 0. The monoisotopic (exact) mass is 550 g/mol. The number of hydrogen-bond acceptors (Lipinski definition) is 4. The second-order valence-electron chi connectivity index (χ2n) is 10.6. The van der Waals surface area contributed by atoms with Crippen molar-refractivity contribution in [2.45, 2.75) is 27.7 Å². The van der Waals surface area contributed by atoms with E-state index in [1.807, 2.05) is 76.2 Å². The maximum absolute atomic E-state index is 12.8. The molecule has 4 nitrogen and oxygen atoms in total. The first-order chi connectivity index (χ1) is 20.2. The van der Waals surface area contributed by atoms with Crippen molar-refractivity contribution in [2.24, 2.45) is 0 Å². The summed E-state index contributed by atoms with van der Waals surface area (Å²) in [6.07, 6.45) is 0. The molecule has 6 rings (SSSR count). The van der Waals surface area contributed by atoms with Crippen LogP contribution in [-0.2, 0) is 0 Å². The zero-order chi connectivity index (χ0) is 30.0. The van der Waals surface area contributed by atoms with E-state index in [0.29, 0.717) is 44.5 Å². The van der Waals surface area contributed by atoms with Crippen molar-refractivity contribution in [1.82, 2.24) is 0 Å². The molecule has 0 unspecified atom stereocenters. The number of ketones is 4. The molecule has 4 heteroatoms. The summed E-state index contributed by atoms with van der Waals surface area (Å²) in [4.78, 5) is 50.3. The van der Waals surface area contributed by atoms with Crippen molar-refractivity contribution < 1.29 is 19.2 Å². The van der Waals surface area contributed by atoms with Crippen molar-refractivity contribution in [3.05, 3.63) is 176 Å². The Morgan fingerprint density at radius 1 is 0.452 bits per heavy atom. The molecule has 0 N–H and O–H groups in total. The lowest BCUT2D eigenvalue weighted by molar-refractivity contribution is 0.0978. The Morgan fingerprint density at radius 2 is 0.929 bits per heavy atom. The van der Waals surface area contributed by atoms with Crippen LogP contribution in [0.15, 0.2) is 109 Å². The van der Waals surface area contributed by atoms with Gasteiger partial charge in [-0.15, -0.1) is 0 Å². The number of aryl methyl sites for hydroxylation is 4. The quantitative estimate of drug-likeness (QED) is 0.210. The maximum Gasteiger partial charge on any atom is 0.194 e. The largest absolute Gasteiger partial charge is 0.289 e. The lowest BCUT2D eigenvalue weighted by atomic mass is 9.80. The van der Waals surface area contributed by atoms with Gasteiger partial charge >= 0.3 is 0 Å². The maximum atomic E-state index is 12.8. The van der Waals surface area contributed by atoms with Gasteiger partial charge < -0.3 is 0 Å². The number of fused-ring (bicyclic) bond motifs is 2. The summed E-state index contributed by atoms with van der Waals surface area (Å²) in [5, 5.41) is 0. The normalized spacial score (nSPS) is 11.6. The predicted molar refractivity (Wildman–Crippen MR) is 165 cm³/mol. The molecule has 0 amide bonds. The van der Waals surface area contributed by atoms with Crippen molar-refractivity contribution in [3.63, 3.8) is 0 Å². The van der Waals surface area contributed by atoms with Crippen LogP contribution in [0.4, 0.5) is 0 Å². The number of carbonyl (C=O) groups excluding carboxylic acids is 4. The van der Waals surface area contributed by atoms with E-state index >= 15 is 0 Å². The van der Waals surface area contributed by atoms with Crippen LogP contribution in [0.5, 0.6) is 0 Å². The molecule has 1 aliphatic rings. The number of rotatable bonds is 4. The van der Waals surface area contributed by atoms with Crippen LogP contribution >= 0.6 is 0 Å². The third-order valence-corrected chi connectivity index (χ3v) is 7.55. The summed E-state index contributed by atoms with van der Waals surface area (Å²) in [5.41, 5.74) is 8.23. The molecule has 0 radical (unpaired) electrons. The molecule has 42 heavy (non-hydrogen) atoms. The predicted octanol–water partition coefficient (Wildman–Crippen LogP) is 7.84. The Morgan fingerprint density at radius 3 is 1.50 bits per heavy atom. The molecule has 0 aliphatic heterocycles. The van der Waals surface area contributed by atoms with Crippen molar-refractivity contribution in [1.29, 1.82) is 0 Å². The molecule has 0 bridgehead atoms. The second-order valence-corrected chi connectivity index (χ2v) is 10.6. The average molecular weight is 551 g/mol. The molecule has 0 saturated heterocycles. The zero-order valence-corrected chi connectivity index (χ0v) is 24.0. The van der Waals surface area contributed by atoms with Gasteiger partial charge in [-0.3, -0.25) is 19.2 Å². The molecule has 5 aromatic rings. The van der Waals surface area contributed by atoms with Gasteiger partial charge in [0.1, 0.15) is 0 Å². The van der Waals surface area contributed by atoms with Gasteiger partial charge in [-0.1, -0.05) is 103 Å². The minimum Gasteiger partial charge on any atom is -0.289 e. The minimum atomic E-state index is -0.0776. The lowest BCUT2D eigenvalue weighted by Gasteiger charge is -2.20. The fraction of sp³-hybridized carbons (Fsp3) is 0.105. The third-order valence-electron chi connectivity index (χ3n) is 7.55. The Bertz CT molecular complexity index is 1820. The molecular formula is C38H30O4. The third kappa shape index (κ3) is 5.39. The first-order valence-corrected chi connectivity index (χ1v) is 13.8. The Balaban J connectivity index is 0.000000175. The summed E-state index contributed by atoms with van der Waals surface area (Å²) >= 11 is 0. The molecule has 0 fully saturated rings. The SMILES string of the molecule is Cc1ccc(C)c(C(=O)c2cccc(C(=O)c3ccccc3)c2)c1.Cc1ccc(C)c2c1C(=O)c1ccccc1C2=O. The van der Waals surface area contributed by atoms with E-state index in [-0.39, 0.29) is 23.1 Å². The van der Waals surface area contributed by atoms with Crippen molar-refractivity contribution in [3.8, 4) is 0 Å². The van der Waals surface area contributed by atoms with Crippen LogP contribution < -0.4 is 0 Å². The number of benzene rings is 5. The van der Waals surface area contributed by atoms with Gasteiger partial charge in [-0.2, -0.15) is 0 Å². The smallest absolute Gasteiger partial charge is 0.194 e. The zero-order valence-electron chi connectivity index (χ0n) is 24.0. The van der Waals surface area contributed by atoms with Gasteiger partial charge in [0.15, 0.2) is 23.1 Å². The molecular weight excluding hydrogens is 520 g/mol. The van der Waals surface area contributed by atoms with Gasteiger partial charge in [-0.05, 0) is 56.5 Å². The van der Waals surface area contributed by atoms with Gasteiger partial charge in [0.05, 0.1) is 0 Å². The second kappa shape index (κ2) is 11.7. The molecule has 0 atom stereocenters. The standard InChI is InChI=1S/C22H18O2.C16H12O2/c1-15-11-12-16(2)20(13-15)22(24)19-10-6-9-18(14-19)21(23)17-7-4-3-5-8-17;1-9-7-8-10(2)14-13(9)15(17)11-5-3-4-6-12(11)16(14)18/h3-14H,1-2H3;3-8H,1-2H3. The van der Waals surface area contributed by atoms with E-state index in [1.165, 1.54) is 0 Å². The van der Waals surface area contributed by atoms with E-state index in [2.05, 4.69) is 0 Å². The molecule has 0 saturated carbocycles. The van der Waals surface area contributed by atoms with E-state index in [9.17, 15) is 19.2 Å². The highest BCUT2D eigenvalue weighted by molar-refractivity contribution is 6.29. The van der Waals surface area contributed by atoms with Gasteiger partial charge in [0, 0.05) is 44.5 Å². The first-order valence-electron chi connectivity index (χ1n) is 13.8. The van der Waals surface area contributed by atoms with Crippen LogP contribution in [0.2, 0.25) is 0 Å². The summed E-state index contributed by atoms with van der Waals surface area (Å²) in [6.45, 7) is 7.63. The molecule has 5 aromatic carbocycles. The highest BCUT2D eigenvalue weighted by Gasteiger charge is 2.31. The van der Waals surface area contributed by atoms with E-state index in [4.69, 9.17) is 0 Å². The van der Waals surface area contributed by atoms with Crippen LogP contribution in [0.1, 0.15) is 85.9 Å². The average Bonchev–Trinajstić information content (AvgIpc) is 3.02. The van der Waals surface area contributed by atoms with Crippen LogP contribution in [0.3, 0.4) is 0 Å². The summed E-state index contributed by atoms with van der Waals surface area (Å²) in [6, 6.07) is 32.7. The number of carbonyl (C=O) groups is 4. The molecule has 0 spiro atoms. The van der Waals surface area contributed by atoms with Gasteiger partial charge in [-0.25, -0.2) is 0 Å². The summed E-state index contributed by atoms with van der Waals surface area (Å²) in [5.74, 6) is -0.215. The van der Waals surface area contributed by atoms with Crippen molar-refractivity contribution in [2.75, 3.05) is 0 Å². The van der Waals surface area contributed by atoms with Crippen LogP contribution in [-0.4, -0.2) is 23.1 Å². The molecule has 1 aliphatic carbocycles. The summed E-state index contributed by atoms with van der Waals surface area (Å²) < 4.78 is 0. The van der Waals surface area contributed by atoms with Gasteiger partial charge in [0.25, 0.3) is 0 Å². The van der Waals surface area contributed by atoms with Crippen LogP contribution in [0.25, 0.3) is 0 Å². The lowest BCUT2D eigenvalue weighted by Crippen LogP contribution is -2.23. The Hall–Kier alpha value is -5.22. The fourth-order valence-corrected chi connectivity index (χ4v) is 5.24. The van der Waals surface area contributed by atoms with Crippen molar-refractivity contribution >= 4 is 23.1 Å². The first kappa shape index (κ1) is 28.3. The molecule has 0 heterocycles. The fourth-order valence-electron chi connectivity index (χ4n) is 5.24. The van der Waals surface area contributed by atoms with Gasteiger partial charge in [0.2, 0.25) is 0 Å². The topological polar surface area (TPSA) is 68.3 Å². The highest BCUT2D eigenvalue weighted by Crippen LogP contribution is 2.31. The minimum absolute atomic E-state index is 0.0404. The van der Waals surface area contributed by atoms with Crippen LogP contribution in [0, 0.1) is 27.7 Å².